The van der Waals surface area contributed by atoms with Crippen LogP contribution < -0.4 is 4.74 Å². The monoisotopic (exact) mass is 292 g/mol. The zero-order valence-corrected chi connectivity index (χ0v) is 13.4. The molecule has 0 heterocycles. The number of aliphatic hydroxyl groups excluding tert-OH is 1. The SMILES string of the molecule is CCC(C)CSCc1ccc(OC)c(C#CCCO)c1. The minimum absolute atomic E-state index is 0.0970. The van der Waals surface area contributed by atoms with Gasteiger partial charge >= 0.3 is 0 Å². The topological polar surface area (TPSA) is 29.5 Å². The van der Waals surface area contributed by atoms with E-state index in [9.17, 15) is 0 Å². The lowest BCUT2D eigenvalue weighted by molar-refractivity contribution is 0.305. The summed E-state index contributed by atoms with van der Waals surface area (Å²) in [6, 6.07) is 6.16. The molecule has 0 radical (unpaired) electrons. The van der Waals surface area contributed by atoms with Crippen LogP contribution in [0, 0.1) is 17.8 Å². The molecule has 20 heavy (non-hydrogen) atoms. The molecule has 1 aromatic carbocycles. The summed E-state index contributed by atoms with van der Waals surface area (Å²) in [5.74, 6) is 9.78. The normalized spacial score (nSPS) is 11.6. The summed E-state index contributed by atoms with van der Waals surface area (Å²) < 4.78 is 5.32. The molecule has 1 aromatic rings. The average Bonchev–Trinajstić information content (AvgIpc) is 2.47. The molecule has 0 aliphatic rings. The van der Waals surface area contributed by atoms with E-state index in [2.05, 4.69) is 37.8 Å². The average molecular weight is 292 g/mol. The Hall–Kier alpha value is -1.11. The molecule has 0 amide bonds. The van der Waals surface area contributed by atoms with Crippen molar-refractivity contribution in [1.82, 2.24) is 0 Å². The van der Waals surface area contributed by atoms with Crippen LogP contribution in [-0.2, 0) is 5.75 Å². The van der Waals surface area contributed by atoms with Crippen molar-refractivity contribution in [3.63, 3.8) is 0 Å². The number of aliphatic hydroxyl groups is 1. The summed E-state index contributed by atoms with van der Waals surface area (Å²) >= 11 is 1.96. The van der Waals surface area contributed by atoms with E-state index in [0.717, 1.165) is 23.0 Å². The zero-order valence-electron chi connectivity index (χ0n) is 12.6. The highest BCUT2D eigenvalue weighted by Crippen LogP contribution is 2.23. The van der Waals surface area contributed by atoms with Crippen LogP contribution in [0.3, 0.4) is 0 Å². The second kappa shape index (κ2) is 9.74. The highest BCUT2D eigenvalue weighted by Gasteiger charge is 2.04. The van der Waals surface area contributed by atoms with E-state index < -0.39 is 0 Å². The molecule has 0 spiro atoms. The minimum Gasteiger partial charge on any atom is -0.495 e. The van der Waals surface area contributed by atoms with Crippen molar-refractivity contribution in [2.75, 3.05) is 19.5 Å². The van der Waals surface area contributed by atoms with Gasteiger partial charge in [-0.3, -0.25) is 0 Å². The van der Waals surface area contributed by atoms with Crippen LogP contribution in [0.25, 0.3) is 0 Å². The van der Waals surface area contributed by atoms with Crippen LogP contribution in [0.15, 0.2) is 18.2 Å². The molecule has 0 fully saturated rings. The third-order valence-corrected chi connectivity index (χ3v) is 4.43. The molecule has 0 saturated carbocycles. The fourth-order valence-corrected chi connectivity index (χ4v) is 2.82. The smallest absolute Gasteiger partial charge is 0.134 e. The van der Waals surface area contributed by atoms with Gasteiger partial charge in [0.05, 0.1) is 19.3 Å². The van der Waals surface area contributed by atoms with Gasteiger partial charge in [-0.1, -0.05) is 38.2 Å². The molecule has 0 aliphatic carbocycles. The third kappa shape index (κ3) is 5.90. The predicted octanol–water partition coefficient (Wildman–Crippen LogP) is 3.71. The van der Waals surface area contributed by atoms with Gasteiger partial charge in [0.15, 0.2) is 0 Å². The molecule has 0 aromatic heterocycles. The van der Waals surface area contributed by atoms with Crippen molar-refractivity contribution >= 4 is 11.8 Å². The number of benzene rings is 1. The standard InChI is InChI=1S/C17H24O2S/c1-4-14(2)12-20-13-15-8-9-17(19-3)16(11-15)7-5-6-10-18/h8-9,11,14,18H,4,6,10,12-13H2,1-3H3. The van der Waals surface area contributed by atoms with Gasteiger partial charge in [0, 0.05) is 12.2 Å². The van der Waals surface area contributed by atoms with E-state index in [0.29, 0.717) is 6.42 Å². The number of hydrogen-bond acceptors (Lipinski definition) is 3. The maximum absolute atomic E-state index is 8.78. The van der Waals surface area contributed by atoms with Crippen LogP contribution >= 0.6 is 11.8 Å². The molecular formula is C17H24O2S. The molecule has 2 nitrogen and oxygen atoms in total. The van der Waals surface area contributed by atoms with Gasteiger partial charge in [-0.05, 0) is 29.4 Å². The molecule has 1 atom stereocenters. The Labute approximate surface area is 126 Å². The summed E-state index contributed by atoms with van der Waals surface area (Å²) in [4.78, 5) is 0. The van der Waals surface area contributed by atoms with Gasteiger partial charge in [-0.15, -0.1) is 0 Å². The third-order valence-electron chi connectivity index (χ3n) is 3.09. The zero-order chi connectivity index (χ0) is 14.8. The van der Waals surface area contributed by atoms with Crippen LogP contribution in [0.5, 0.6) is 5.75 Å². The van der Waals surface area contributed by atoms with E-state index >= 15 is 0 Å². The number of hydrogen-bond donors (Lipinski definition) is 1. The molecule has 110 valence electrons. The first kappa shape index (κ1) is 16.9. The van der Waals surface area contributed by atoms with Crippen molar-refractivity contribution in [3.8, 4) is 17.6 Å². The number of thioether (sulfide) groups is 1. The quantitative estimate of drug-likeness (QED) is 0.777. The Morgan fingerprint density at radius 1 is 1.40 bits per heavy atom. The Kier molecular flexibility index (Phi) is 8.25. The molecular weight excluding hydrogens is 268 g/mol. The fourth-order valence-electron chi connectivity index (χ4n) is 1.65. The lowest BCUT2D eigenvalue weighted by Gasteiger charge is -2.09. The first-order valence-corrected chi connectivity index (χ1v) is 8.21. The molecule has 0 aliphatic heterocycles. The van der Waals surface area contributed by atoms with Crippen molar-refractivity contribution in [2.24, 2.45) is 5.92 Å². The number of methoxy groups -OCH3 is 1. The molecule has 1 rings (SSSR count). The van der Waals surface area contributed by atoms with Crippen molar-refractivity contribution in [1.29, 1.82) is 0 Å². The van der Waals surface area contributed by atoms with Crippen LogP contribution in [0.2, 0.25) is 0 Å². The summed E-state index contributed by atoms with van der Waals surface area (Å²) in [7, 11) is 1.66. The Balaban J connectivity index is 2.69. The second-order valence-electron chi connectivity index (χ2n) is 4.84. The highest BCUT2D eigenvalue weighted by molar-refractivity contribution is 7.98. The first-order chi connectivity index (χ1) is 9.71. The van der Waals surface area contributed by atoms with Gasteiger partial charge in [-0.25, -0.2) is 0 Å². The number of ether oxygens (including phenoxy) is 1. The second-order valence-corrected chi connectivity index (χ2v) is 5.87. The lowest BCUT2D eigenvalue weighted by Crippen LogP contribution is -1.96. The van der Waals surface area contributed by atoms with E-state index in [1.54, 1.807) is 7.11 Å². The van der Waals surface area contributed by atoms with Crippen molar-refractivity contribution < 1.29 is 9.84 Å². The Morgan fingerprint density at radius 2 is 2.20 bits per heavy atom. The Morgan fingerprint density at radius 3 is 2.85 bits per heavy atom. The molecule has 0 bridgehead atoms. The predicted molar refractivity (Wildman–Crippen MR) is 87.2 cm³/mol. The van der Waals surface area contributed by atoms with Gasteiger partial charge in [0.1, 0.15) is 5.75 Å². The van der Waals surface area contributed by atoms with E-state index in [4.69, 9.17) is 9.84 Å². The minimum atomic E-state index is 0.0970. The van der Waals surface area contributed by atoms with Gasteiger partial charge in [0.2, 0.25) is 0 Å². The number of rotatable bonds is 7. The summed E-state index contributed by atoms with van der Waals surface area (Å²) in [6.45, 7) is 4.61. The maximum Gasteiger partial charge on any atom is 0.134 e. The van der Waals surface area contributed by atoms with E-state index in [1.165, 1.54) is 17.7 Å². The first-order valence-electron chi connectivity index (χ1n) is 7.05. The van der Waals surface area contributed by atoms with Crippen LogP contribution in [0.4, 0.5) is 0 Å². The van der Waals surface area contributed by atoms with Crippen LogP contribution in [0.1, 0.15) is 37.8 Å². The summed E-state index contributed by atoms with van der Waals surface area (Å²) in [5, 5.41) is 8.78. The van der Waals surface area contributed by atoms with Crippen LogP contribution in [-0.4, -0.2) is 24.6 Å². The Bertz CT molecular complexity index is 460. The maximum atomic E-state index is 8.78. The molecule has 1 N–H and O–H groups in total. The molecule has 0 saturated heterocycles. The van der Waals surface area contributed by atoms with Crippen molar-refractivity contribution in [3.05, 3.63) is 29.3 Å². The fraction of sp³-hybridized carbons (Fsp3) is 0.529. The van der Waals surface area contributed by atoms with Crippen molar-refractivity contribution in [2.45, 2.75) is 32.4 Å². The van der Waals surface area contributed by atoms with Gasteiger partial charge < -0.3 is 9.84 Å². The summed E-state index contributed by atoms with van der Waals surface area (Å²) in [6.07, 6.45) is 1.73. The van der Waals surface area contributed by atoms with Gasteiger partial charge in [-0.2, -0.15) is 11.8 Å². The van der Waals surface area contributed by atoms with E-state index in [-0.39, 0.29) is 6.61 Å². The molecule has 1 unspecified atom stereocenters. The lowest BCUT2D eigenvalue weighted by atomic mass is 10.1. The molecule has 3 heteroatoms. The highest BCUT2D eigenvalue weighted by atomic mass is 32.2. The summed E-state index contributed by atoms with van der Waals surface area (Å²) in [5.41, 5.74) is 2.18. The largest absolute Gasteiger partial charge is 0.495 e. The van der Waals surface area contributed by atoms with Gasteiger partial charge in [0.25, 0.3) is 0 Å². The van der Waals surface area contributed by atoms with E-state index in [1.807, 2.05) is 17.8 Å².